The number of rotatable bonds is 1. The number of carbonyl (C=O) groups excluding carboxylic acids is 1. The molecule has 0 aliphatic heterocycles. The van der Waals surface area contributed by atoms with Crippen molar-refractivity contribution in [2.24, 2.45) is 0 Å². The van der Waals surface area contributed by atoms with Gasteiger partial charge < -0.3 is 4.42 Å². The second-order valence-corrected chi connectivity index (χ2v) is 5.33. The van der Waals surface area contributed by atoms with E-state index in [9.17, 15) is 4.79 Å². The van der Waals surface area contributed by atoms with Gasteiger partial charge in [-0.3, -0.25) is 10.1 Å². The number of halogens is 3. The third kappa shape index (κ3) is 2.62. The molecule has 0 bridgehead atoms. The summed E-state index contributed by atoms with van der Waals surface area (Å²) < 4.78 is 3.08. The van der Waals surface area contributed by atoms with E-state index in [1.165, 1.54) is 0 Å². The molecule has 0 aromatic carbocycles. The Morgan fingerprint density at radius 3 is 2.44 bits per heavy atom. The molecular formula is C9H7Cl3N2O2. The monoisotopic (exact) mass is 280 g/mol. The van der Waals surface area contributed by atoms with Gasteiger partial charge in [0.2, 0.25) is 5.88 Å². The van der Waals surface area contributed by atoms with Crippen molar-refractivity contribution in [2.45, 2.75) is 17.6 Å². The molecule has 0 atom stereocenters. The van der Waals surface area contributed by atoms with E-state index in [-0.39, 0.29) is 11.4 Å². The van der Waals surface area contributed by atoms with E-state index in [0.717, 1.165) is 0 Å². The highest BCUT2D eigenvalue weighted by Crippen LogP contribution is 2.30. The number of amides is 1. The minimum Gasteiger partial charge on any atom is -0.444 e. The third-order valence-electron chi connectivity index (χ3n) is 1.98. The number of nitriles is 1. The van der Waals surface area contributed by atoms with Gasteiger partial charge in [-0.15, -0.1) is 0 Å². The van der Waals surface area contributed by atoms with Crippen molar-refractivity contribution in [3.05, 3.63) is 16.9 Å². The second-order valence-electron chi connectivity index (χ2n) is 3.05. The first-order valence-corrected chi connectivity index (χ1v) is 5.29. The first-order chi connectivity index (χ1) is 7.27. The van der Waals surface area contributed by atoms with Crippen LogP contribution < -0.4 is 5.32 Å². The summed E-state index contributed by atoms with van der Waals surface area (Å²) in [6, 6.07) is 1.90. The SMILES string of the molecule is Cc1oc(NC(=O)C(Cl)(Cl)Cl)c(C#N)c1C. The molecule has 1 aromatic heterocycles. The van der Waals surface area contributed by atoms with Crippen molar-refractivity contribution in [3.63, 3.8) is 0 Å². The van der Waals surface area contributed by atoms with Crippen molar-refractivity contribution in [1.29, 1.82) is 5.26 Å². The number of carbonyl (C=O) groups is 1. The van der Waals surface area contributed by atoms with Crippen molar-refractivity contribution < 1.29 is 9.21 Å². The highest BCUT2D eigenvalue weighted by atomic mass is 35.6. The van der Waals surface area contributed by atoms with Gasteiger partial charge in [0.25, 0.3) is 9.70 Å². The van der Waals surface area contributed by atoms with Gasteiger partial charge >= 0.3 is 0 Å². The van der Waals surface area contributed by atoms with Crippen LogP contribution in [0.1, 0.15) is 16.9 Å². The predicted molar refractivity (Wildman–Crippen MR) is 61.8 cm³/mol. The molecule has 0 aliphatic carbocycles. The fourth-order valence-corrected chi connectivity index (χ4v) is 1.17. The van der Waals surface area contributed by atoms with Gasteiger partial charge in [-0.2, -0.15) is 5.26 Å². The predicted octanol–water partition coefficient (Wildman–Crippen LogP) is 3.08. The summed E-state index contributed by atoms with van der Waals surface area (Å²) in [5.74, 6) is -0.354. The van der Waals surface area contributed by atoms with Crippen LogP contribution in [0.3, 0.4) is 0 Å². The Kier molecular flexibility index (Phi) is 3.74. The fraction of sp³-hybridized carbons (Fsp3) is 0.333. The summed E-state index contributed by atoms with van der Waals surface area (Å²) in [6.45, 7) is 3.36. The Morgan fingerprint density at radius 1 is 1.44 bits per heavy atom. The molecule has 1 rings (SSSR count). The molecule has 0 unspecified atom stereocenters. The third-order valence-corrected chi connectivity index (χ3v) is 2.50. The van der Waals surface area contributed by atoms with Gasteiger partial charge in [0.15, 0.2) is 0 Å². The summed E-state index contributed by atoms with van der Waals surface area (Å²) in [5.41, 5.74) is 0.863. The normalized spacial score (nSPS) is 11.0. The van der Waals surface area contributed by atoms with Crippen LogP contribution in [-0.2, 0) is 4.79 Å². The van der Waals surface area contributed by atoms with Crippen molar-refractivity contribution >= 4 is 46.6 Å². The molecule has 1 amide bonds. The summed E-state index contributed by atoms with van der Waals surface area (Å²) in [7, 11) is 0. The topological polar surface area (TPSA) is 66.0 Å². The number of hydrogen-bond acceptors (Lipinski definition) is 3. The maximum Gasteiger partial charge on any atom is 0.278 e. The lowest BCUT2D eigenvalue weighted by atomic mass is 10.2. The Hall–Kier alpha value is -0.890. The average molecular weight is 282 g/mol. The lowest BCUT2D eigenvalue weighted by Crippen LogP contribution is -2.27. The molecule has 4 nitrogen and oxygen atoms in total. The first kappa shape index (κ1) is 13.2. The minimum atomic E-state index is -2.10. The molecule has 0 saturated carbocycles. The summed E-state index contributed by atoms with van der Waals surface area (Å²) in [5, 5.41) is 11.1. The van der Waals surface area contributed by atoms with Gasteiger partial charge in [-0.05, 0) is 13.8 Å². The Morgan fingerprint density at radius 2 is 2.00 bits per heavy atom. The van der Waals surface area contributed by atoms with Crippen LogP contribution in [0, 0.1) is 25.2 Å². The minimum absolute atomic E-state index is 0.00572. The molecule has 0 aliphatic rings. The average Bonchev–Trinajstić information content (AvgIpc) is 2.41. The van der Waals surface area contributed by atoms with Gasteiger partial charge in [0.1, 0.15) is 17.4 Å². The molecule has 16 heavy (non-hydrogen) atoms. The Balaban J connectivity index is 3.04. The zero-order valence-electron chi connectivity index (χ0n) is 8.40. The van der Waals surface area contributed by atoms with Crippen LogP contribution in [0.4, 0.5) is 5.88 Å². The molecule has 0 fully saturated rings. The number of alkyl halides is 3. The standard InChI is InChI=1S/C9H7Cl3N2O2/c1-4-5(2)16-7(6(4)3-13)14-8(15)9(10,11)12/h1-2H3,(H,14,15). The van der Waals surface area contributed by atoms with E-state index in [0.29, 0.717) is 11.3 Å². The lowest BCUT2D eigenvalue weighted by molar-refractivity contribution is -0.115. The Bertz CT molecular complexity index is 468. The van der Waals surface area contributed by atoms with Crippen LogP contribution in [0.15, 0.2) is 4.42 Å². The number of nitrogens with one attached hydrogen (secondary N) is 1. The van der Waals surface area contributed by atoms with Crippen LogP contribution in [0.25, 0.3) is 0 Å². The molecular weight excluding hydrogens is 274 g/mol. The molecule has 0 saturated heterocycles. The largest absolute Gasteiger partial charge is 0.444 e. The molecule has 0 spiro atoms. The summed E-state index contributed by atoms with van der Waals surface area (Å²) >= 11 is 16.1. The van der Waals surface area contributed by atoms with Crippen molar-refractivity contribution in [3.8, 4) is 6.07 Å². The molecule has 1 heterocycles. The number of aryl methyl sites for hydroxylation is 1. The first-order valence-electron chi connectivity index (χ1n) is 4.15. The van der Waals surface area contributed by atoms with E-state index >= 15 is 0 Å². The quantitative estimate of drug-likeness (QED) is 0.804. The van der Waals surface area contributed by atoms with Crippen LogP contribution in [0.5, 0.6) is 0 Å². The van der Waals surface area contributed by atoms with Crippen LogP contribution in [-0.4, -0.2) is 9.70 Å². The molecule has 86 valence electrons. The smallest absolute Gasteiger partial charge is 0.278 e. The van der Waals surface area contributed by atoms with Gasteiger partial charge in [0, 0.05) is 5.56 Å². The van der Waals surface area contributed by atoms with Crippen molar-refractivity contribution in [1.82, 2.24) is 0 Å². The zero-order chi connectivity index (χ0) is 12.5. The highest BCUT2D eigenvalue weighted by Gasteiger charge is 2.32. The number of furan rings is 1. The van der Waals surface area contributed by atoms with E-state index in [2.05, 4.69) is 5.32 Å². The summed E-state index contributed by atoms with van der Waals surface area (Å²) in [6.07, 6.45) is 0. The van der Waals surface area contributed by atoms with Crippen LogP contribution >= 0.6 is 34.8 Å². The van der Waals surface area contributed by atoms with Gasteiger partial charge in [-0.25, -0.2) is 0 Å². The highest BCUT2D eigenvalue weighted by molar-refractivity contribution is 6.76. The van der Waals surface area contributed by atoms with Gasteiger partial charge in [-0.1, -0.05) is 34.8 Å². The van der Waals surface area contributed by atoms with Gasteiger partial charge in [0.05, 0.1) is 0 Å². The van der Waals surface area contributed by atoms with E-state index in [4.69, 9.17) is 44.5 Å². The second kappa shape index (κ2) is 4.54. The molecule has 0 radical (unpaired) electrons. The molecule has 1 N–H and O–H groups in total. The van der Waals surface area contributed by atoms with Crippen LogP contribution in [0.2, 0.25) is 0 Å². The number of anilines is 1. The summed E-state index contributed by atoms with van der Waals surface area (Å²) in [4.78, 5) is 11.3. The van der Waals surface area contributed by atoms with E-state index < -0.39 is 9.70 Å². The number of hydrogen-bond donors (Lipinski definition) is 1. The molecule has 7 heteroatoms. The maximum atomic E-state index is 11.3. The van der Waals surface area contributed by atoms with E-state index in [1.54, 1.807) is 13.8 Å². The zero-order valence-corrected chi connectivity index (χ0v) is 10.7. The Labute approximate surface area is 107 Å². The lowest BCUT2D eigenvalue weighted by Gasteiger charge is -2.09. The number of nitrogens with zero attached hydrogens (tertiary/aromatic N) is 1. The van der Waals surface area contributed by atoms with Crippen molar-refractivity contribution in [2.75, 3.05) is 5.32 Å². The fourth-order valence-electron chi connectivity index (χ4n) is 1.02. The van der Waals surface area contributed by atoms with E-state index in [1.807, 2.05) is 6.07 Å². The maximum absolute atomic E-state index is 11.3. The molecule has 1 aromatic rings.